The van der Waals surface area contributed by atoms with Gasteiger partial charge in [-0.3, -0.25) is 0 Å². The SMILES string of the molecule is CCNC(COCCOC)c1cc(C)ccc1F. The van der Waals surface area contributed by atoms with Crippen LogP contribution in [-0.4, -0.2) is 33.5 Å². The van der Waals surface area contributed by atoms with E-state index in [-0.39, 0.29) is 11.9 Å². The van der Waals surface area contributed by atoms with E-state index in [2.05, 4.69) is 5.32 Å². The standard InChI is InChI=1S/C14H22FNO2/c1-4-16-14(10-18-8-7-17-3)12-9-11(2)5-6-13(12)15/h5-6,9,14,16H,4,7-8,10H2,1-3H3. The Morgan fingerprint density at radius 3 is 2.78 bits per heavy atom. The quantitative estimate of drug-likeness (QED) is 0.724. The lowest BCUT2D eigenvalue weighted by molar-refractivity contribution is 0.0583. The monoisotopic (exact) mass is 255 g/mol. The van der Waals surface area contributed by atoms with Crippen LogP contribution >= 0.6 is 0 Å². The van der Waals surface area contributed by atoms with Gasteiger partial charge in [0.25, 0.3) is 0 Å². The van der Waals surface area contributed by atoms with Crippen molar-refractivity contribution in [2.24, 2.45) is 0 Å². The van der Waals surface area contributed by atoms with Crippen molar-refractivity contribution in [2.45, 2.75) is 19.9 Å². The minimum Gasteiger partial charge on any atom is -0.382 e. The Kier molecular flexibility index (Phi) is 6.86. The van der Waals surface area contributed by atoms with E-state index in [1.54, 1.807) is 13.2 Å². The van der Waals surface area contributed by atoms with Gasteiger partial charge in [0.1, 0.15) is 5.82 Å². The highest BCUT2D eigenvalue weighted by molar-refractivity contribution is 5.27. The number of benzene rings is 1. The molecule has 0 saturated heterocycles. The number of hydrogen-bond acceptors (Lipinski definition) is 3. The van der Waals surface area contributed by atoms with Crippen molar-refractivity contribution < 1.29 is 13.9 Å². The van der Waals surface area contributed by atoms with Gasteiger partial charge in [-0.05, 0) is 19.5 Å². The molecule has 0 heterocycles. The molecule has 4 heteroatoms. The molecule has 0 radical (unpaired) electrons. The maximum absolute atomic E-state index is 13.8. The summed E-state index contributed by atoms with van der Waals surface area (Å²) in [5, 5.41) is 3.24. The zero-order valence-corrected chi connectivity index (χ0v) is 11.3. The van der Waals surface area contributed by atoms with E-state index in [0.717, 1.165) is 12.1 Å². The summed E-state index contributed by atoms with van der Waals surface area (Å²) in [7, 11) is 1.63. The molecular weight excluding hydrogens is 233 g/mol. The minimum absolute atomic E-state index is 0.119. The van der Waals surface area contributed by atoms with E-state index < -0.39 is 0 Å². The molecular formula is C14H22FNO2. The smallest absolute Gasteiger partial charge is 0.128 e. The highest BCUT2D eigenvalue weighted by Crippen LogP contribution is 2.19. The number of methoxy groups -OCH3 is 1. The lowest BCUT2D eigenvalue weighted by Gasteiger charge is -2.19. The van der Waals surface area contributed by atoms with Gasteiger partial charge >= 0.3 is 0 Å². The van der Waals surface area contributed by atoms with Crippen LogP contribution in [0.25, 0.3) is 0 Å². The first-order chi connectivity index (χ1) is 8.69. The highest BCUT2D eigenvalue weighted by Gasteiger charge is 2.15. The van der Waals surface area contributed by atoms with Crippen LogP contribution in [-0.2, 0) is 9.47 Å². The second-order valence-corrected chi connectivity index (χ2v) is 4.20. The van der Waals surface area contributed by atoms with Gasteiger partial charge in [-0.1, -0.05) is 24.6 Å². The number of nitrogens with one attached hydrogen (secondary N) is 1. The topological polar surface area (TPSA) is 30.5 Å². The Labute approximate surface area is 108 Å². The first-order valence-electron chi connectivity index (χ1n) is 6.25. The van der Waals surface area contributed by atoms with Gasteiger partial charge in [0.05, 0.1) is 25.9 Å². The summed E-state index contributed by atoms with van der Waals surface area (Å²) in [4.78, 5) is 0. The molecule has 1 aromatic rings. The molecule has 1 N–H and O–H groups in total. The number of ether oxygens (including phenoxy) is 2. The second-order valence-electron chi connectivity index (χ2n) is 4.20. The Morgan fingerprint density at radius 1 is 1.33 bits per heavy atom. The van der Waals surface area contributed by atoms with E-state index in [9.17, 15) is 4.39 Å². The molecule has 3 nitrogen and oxygen atoms in total. The molecule has 0 spiro atoms. The fourth-order valence-corrected chi connectivity index (χ4v) is 1.78. The van der Waals surface area contributed by atoms with Crippen molar-refractivity contribution >= 4 is 0 Å². The molecule has 0 aliphatic heterocycles. The number of halogens is 1. The normalized spacial score (nSPS) is 12.7. The number of hydrogen-bond donors (Lipinski definition) is 1. The van der Waals surface area contributed by atoms with Crippen molar-refractivity contribution in [3.05, 3.63) is 35.1 Å². The average Bonchev–Trinajstić information content (AvgIpc) is 2.36. The van der Waals surface area contributed by atoms with Crippen molar-refractivity contribution in [1.82, 2.24) is 5.32 Å². The van der Waals surface area contributed by atoms with E-state index in [0.29, 0.717) is 25.4 Å². The predicted octanol–water partition coefficient (Wildman–Crippen LogP) is 2.45. The maximum Gasteiger partial charge on any atom is 0.128 e. The summed E-state index contributed by atoms with van der Waals surface area (Å²) in [5.41, 5.74) is 1.71. The minimum atomic E-state index is -0.193. The van der Waals surface area contributed by atoms with Crippen LogP contribution in [0.5, 0.6) is 0 Å². The van der Waals surface area contributed by atoms with Crippen LogP contribution in [0.2, 0.25) is 0 Å². The third kappa shape index (κ3) is 4.72. The molecule has 1 rings (SSSR count). The summed E-state index contributed by atoms with van der Waals surface area (Å²) >= 11 is 0. The molecule has 18 heavy (non-hydrogen) atoms. The van der Waals surface area contributed by atoms with Gasteiger partial charge in [-0.2, -0.15) is 0 Å². The van der Waals surface area contributed by atoms with Crippen LogP contribution in [0.3, 0.4) is 0 Å². The Hall–Kier alpha value is -0.970. The van der Waals surface area contributed by atoms with Crippen molar-refractivity contribution in [3.8, 4) is 0 Å². The van der Waals surface area contributed by atoms with Gasteiger partial charge in [-0.15, -0.1) is 0 Å². The van der Waals surface area contributed by atoms with Crippen LogP contribution in [0.15, 0.2) is 18.2 Å². The molecule has 1 aromatic carbocycles. The van der Waals surface area contributed by atoms with Gasteiger partial charge < -0.3 is 14.8 Å². The van der Waals surface area contributed by atoms with Crippen LogP contribution in [0.1, 0.15) is 24.1 Å². The number of aryl methyl sites for hydroxylation is 1. The molecule has 0 aliphatic carbocycles. The van der Waals surface area contributed by atoms with Gasteiger partial charge in [-0.25, -0.2) is 4.39 Å². The summed E-state index contributed by atoms with van der Waals surface area (Å²) in [6.45, 7) is 6.23. The first-order valence-corrected chi connectivity index (χ1v) is 6.25. The molecule has 0 aliphatic rings. The van der Waals surface area contributed by atoms with E-state index in [1.807, 2.05) is 19.9 Å². The zero-order valence-electron chi connectivity index (χ0n) is 11.3. The van der Waals surface area contributed by atoms with Crippen LogP contribution < -0.4 is 5.32 Å². The Morgan fingerprint density at radius 2 is 2.11 bits per heavy atom. The molecule has 0 saturated carbocycles. The lowest BCUT2D eigenvalue weighted by Crippen LogP contribution is -2.27. The summed E-state index contributed by atoms with van der Waals surface area (Å²) in [5.74, 6) is -0.193. The maximum atomic E-state index is 13.8. The Bertz CT molecular complexity index is 358. The molecule has 0 fully saturated rings. The number of rotatable bonds is 8. The molecule has 102 valence electrons. The second kappa shape index (κ2) is 8.19. The van der Waals surface area contributed by atoms with Gasteiger partial charge in [0.15, 0.2) is 0 Å². The molecule has 0 amide bonds. The average molecular weight is 255 g/mol. The van der Waals surface area contributed by atoms with E-state index in [1.165, 1.54) is 6.07 Å². The van der Waals surface area contributed by atoms with E-state index in [4.69, 9.17) is 9.47 Å². The van der Waals surface area contributed by atoms with Gasteiger partial charge in [0, 0.05) is 12.7 Å². The zero-order chi connectivity index (χ0) is 13.4. The summed E-state index contributed by atoms with van der Waals surface area (Å²) < 4.78 is 24.2. The summed E-state index contributed by atoms with van der Waals surface area (Å²) in [6, 6.07) is 5.02. The third-order valence-corrected chi connectivity index (χ3v) is 2.69. The third-order valence-electron chi connectivity index (χ3n) is 2.69. The van der Waals surface area contributed by atoms with Gasteiger partial charge in [0.2, 0.25) is 0 Å². The molecule has 0 bridgehead atoms. The van der Waals surface area contributed by atoms with Crippen molar-refractivity contribution in [2.75, 3.05) is 33.5 Å². The fraction of sp³-hybridized carbons (Fsp3) is 0.571. The molecule has 0 aromatic heterocycles. The first kappa shape index (κ1) is 15.1. The summed E-state index contributed by atoms with van der Waals surface area (Å²) in [6.07, 6.45) is 0. The lowest BCUT2D eigenvalue weighted by atomic mass is 10.0. The molecule has 1 atom stereocenters. The fourth-order valence-electron chi connectivity index (χ4n) is 1.78. The van der Waals surface area contributed by atoms with Crippen LogP contribution in [0, 0.1) is 12.7 Å². The number of likely N-dealkylation sites (N-methyl/N-ethyl adjacent to an activating group) is 1. The van der Waals surface area contributed by atoms with E-state index >= 15 is 0 Å². The predicted molar refractivity (Wildman–Crippen MR) is 70.2 cm³/mol. The van der Waals surface area contributed by atoms with Crippen LogP contribution in [0.4, 0.5) is 4.39 Å². The largest absolute Gasteiger partial charge is 0.382 e. The van der Waals surface area contributed by atoms with Crippen molar-refractivity contribution in [3.63, 3.8) is 0 Å². The molecule has 1 unspecified atom stereocenters. The Balaban J connectivity index is 2.67. The highest BCUT2D eigenvalue weighted by atomic mass is 19.1. The van der Waals surface area contributed by atoms with Crippen molar-refractivity contribution in [1.29, 1.82) is 0 Å².